The standard InChI is InChI=1S/C11H12N2O/c1-7(14-3)9-4-5-10-11(6-9)13-8(2)12-10/h4-6H,1H2,2-3H3,(H,12,13). The minimum absolute atomic E-state index is 0.666. The molecule has 0 unspecified atom stereocenters. The van der Waals surface area contributed by atoms with Crippen LogP contribution in [0.2, 0.25) is 0 Å². The van der Waals surface area contributed by atoms with Gasteiger partial charge in [0.15, 0.2) is 0 Å². The number of nitrogens with one attached hydrogen (secondary N) is 1. The van der Waals surface area contributed by atoms with E-state index in [0.29, 0.717) is 5.76 Å². The second-order valence-corrected chi connectivity index (χ2v) is 3.18. The molecule has 1 N–H and O–H groups in total. The predicted octanol–water partition coefficient (Wildman–Crippen LogP) is 2.49. The highest BCUT2D eigenvalue weighted by molar-refractivity contribution is 5.79. The number of aromatic amines is 1. The summed E-state index contributed by atoms with van der Waals surface area (Å²) in [4.78, 5) is 7.48. The number of aryl methyl sites for hydroxylation is 1. The Balaban J connectivity index is 2.55. The van der Waals surface area contributed by atoms with Gasteiger partial charge in [-0.15, -0.1) is 0 Å². The summed E-state index contributed by atoms with van der Waals surface area (Å²) in [5, 5.41) is 0. The number of nitrogens with zero attached hydrogens (tertiary/aromatic N) is 1. The molecule has 0 saturated heterocycles. The first kappa shape index (κ1) is 8.81. The molecule has 14 heavy (non-hydrogen) atoms. The summed E-state index contributed by atoms with van der Waals surface area (Å²) < 4.78 is 5.06. The molecule has 2 rings (SSSR count). The highest BCUT2D eigenvalue weighted by Gasteiger charge is 2.02. The van der Waals surface area contributed by atoms with Gasteiger partial charge in [0.25, 0.3) is 0 Å². The minimum atomic E-state index is 0.666. The molecule has 72 valence electrons. The van der Waals surface area contributed by atoms with E-state index in [4.69, 9.17) is 4.74 Å². The summed E-state index contributed by atoms with van der Waals surface area (Å²) >= 11 is 0. The molecule has 1 aromatic heterocycles. The van der Waals surface area contributed by atoms with Crippen LogP contribution in [0.1, 0.15) is 11.4 Å². The number of hydrogen-bond donors (Lipinski definition) is 1. The van der Waals surface area contributed by atoms with E-state index in [1.165, 1.54) is 0 Å². The lowest BCUT2D eigenvalue weighted by Crippen LogP contribution is -1.84. The maximum Gasteiger partial charge on any atom is 0.118 e. The van der Waals surface area contributed by atoms with Crippen LogP contribution in [-0.2, 0) is 4.74 Å². The van der Waals surface area contributed by atoms with E-state index in [1.807, 2.05) is 25.1 Å². The highest BCUT2D eigenvalue weighted by Crippen LogP contribution is 2.18. The number of imidazole rings is 1. The van der Waals surface area contributed by atoms with Gasteiger partial charge >= 0.3 is 0 Å². The topological polar surface area (TPSA) is 37.9 Å². The molecule has 0 aliphatic heterocycles. The van der Waals surface area contributed by atoms with Crippen LogP contribution in [0.15, 0.2) is 24.8 Å². The summed E-state index contributed by atoms with van der Waals surface area (Å²) in [6.45, 7) is 5.74. The summed E-state index contributed by atoms with van der Waals surface area (Å²) in [6, 6.07) is 5.90. The molecule has 1 aromatic carbocycles. The number of H-pyrrole nitrogens is 1. The van der Waals surface area contributed by atoms with Crippen LogP contribution in [0.5, 0.6) is 0 Å². The van der Waals surface area contributed by atoms with Crippen molar-refractivity contribution in [3.8, 4) is 0 Å². The van der Waals surface area contributed by atoms with Gasteiger partial charge in [0.2, 0.25) is 0 Å². The molecule has 0 saturated carbocycles. The number of rotatable bonds is 2. The molecule has 0 aliphatic rings. The average Bonchev–Trinajstić information content (AvgIpc) is 2.55. The molecule has 0 spiro atoms. The van der Waals surface area contributed by atoms with Crippen molar-refractivity contribution in [1.82, 2.24) is 9.97 Å². The summed E-state index contributed by atoms with van der Waals surface area (Å²) in [6.07, 6.45) is 0. The van der Waals surface area contributed by atoms with Crippen molar-refractivity contribution < 1.29 is 4.74 Å². The Labute approximate surface area is 82.4 Å². The van der Waals surface area contributed by atoms with E-state index < -0.39 is 0 Å². The van der Waals surface area contributed by atoms with E-state index in [-0.39, 0.29) is 0 Å². The van der Waals surface area contributed by atoms with Crippen LogP contribution >= 0.6 is 0 Å². The lowest BCUT2D eigenvalue weighted by Gasteiger charge is -2.02. The summed E-state index contributed by atoms with van der Waals surface area (Å²) in [5.41, 5.74) is 2.96. The lowest BCUT2D eigenvalue weighted by atomic mass is 10.2. The second kappa shape index (κ2) is 3.18. The molecular formula is C11H12N2O. The minimum Gasteiger partial charge on any atom is -0.497 e. The third-order valence-electron chi connectivity index (χ3n) is 2.17. The van der Waals surface area contributed by atoms with E-state index in [0.717, 1.165) is 22.4 Å². The Hall–Kier alpha value is -1.77. The summed E-state index contributed by atoms with van der Waals surface area (Å²) in [5.74, 6) is 1.58. The fraction of sp³-hybridized carbons (Fsp3) is 0.182. The number of aromatic nitrogens is 2. The van der Waals surface area contributed by atoms with Crippen molar-refractivity contribution in [2.45, 2.75) is 6.92 Å². The zero-order valence-electron chi connectivity index (χ0n) is 8.29. The van der Waals surface area contributed by atoms with Crippen LogP contribution in [0.25, 0.3) is 16.8 Å². The van der Waals surface area contributed by atoms with Gasteiger partial charge in [-0.2, -0.15) is 0 Å². The number of hydrogen-bond acceptors (Lipinski definition) is 2. The summed E-state index contributed by atoms with van der Waals surface area (Å²) in [7, 11) is 1.62. The quantitative estimate of drug-likeness (QED) is 0.735. The zero-order valence-corrected chi connectivity index (χ0v) is 8.29. The Bertz CT molecular complexity index is 485. The molecule has 2 aromatic rings. The number of benzene rings is 1. The second-order valence-electron chi connectivity index (χ2n) is 3.18. The van der Waals surface area contributed by atoms with Crippen molar-refractivity contribution in [3.05, 3.63) is 36.2 Å². The van der Waals surface area contributed by atoms with Crippen molar-refractivity contribution in [2.24, 2.45) is 0 Å². The van der Waals surface area contributed by atoms with Crippen LogP contribution in [-0.4, -0.2) is 17.1 Å². The Morgan fingerprint density at radius 2 is 2.29 bits per heavy atom. The van der Waals surface area contributed by atoms with Gasteiger partial charge in [-0.25, -0.2) is 4.98 Å². The maximum atomic E-state index is 5.06. The van der Waals surface area contributed by atoms with E-state index in [9.17, 15) is 0 Å². The number of fused-ring (bicyclic) bond motifs is 1. The van der Waals surface area contributed by atoms with Crippen LogP contribution < -0.4 is 0 Å². The first-order chi connectivity index (χ1) is 6.70. The smallest absolute Gasteiger partial charge is 0.118 e. The SMILES string of the molecule is C=C(OC)c1ccc2nc(C)[nH]c2c1. The van der Waals surface area contributed by atoms with Crippen molar-refractivity contribution >= 4 is 16.8 Å². The number of methoxy groups -OCH3 is 1. The maximum absolute atomic E-state index is 5.06. The highest BCUT2D eigenvalue weighted by atomic mass is 16.5. The van der Waals surface area contributed by atoms with E-state index >= 15 is 0 Å². The Kier molecular flexibility index (Phi) is 2.00. The van der Waals surface area contributed by atoms with Crippen LogP contribution in [0.3, 0.4) is 0 Å². The average molecular weight is 188 g/mol. The van der Waals surface area contributed by atoms with Gasteiger partial charge in [-0.05, 0) is 25.1 Å². The molecule has 3 nitrogen and oxygen atoms in total. The van der Waals surface area contributed by atoms with Crippen LogP contribution in [0, 0.1) is 6.92 Å². The fourth-order valence-corrected chi connectivity index (χ4v) is 1.43. The van der Waals surface area contributed by atoms with Crippen molar-refractivity contribution in [3.63, 3.8) is 0 Å². The molecule has 0 bridgehead atoms. The largest absolute Gasteiger partial charge is 0.497 e. The van der Waals surface area contributed by atoms with Crippen LogP contribution in [0.4, 0.5) is 0 Å². The zero-order chi connectivity index (χ0) is 10.1. The Morgan fingerprint density at radius 3 is 3.00 bits per heavy atom. The van der Waals surface area contributed by atoms with E-state index in [1.54, 1.807) is 7.11 Å². The molecule has 0 atom stereocenters. The third-order valence-corrected chi connectivity index (χ3v) is 2.17. The molecular weight excluding hydrogens is 176 g/mol. The monoisotopic (exact) mass is 188 g/mol. The van der Waals surface area contributed by atoms with Gasteiger partial charge in [0.05, 0.1) is 18.1 Å². The predicted molar refractivity (Wildman–Crippen MR) is 56.9 cm³/mol. The lowest BCUT2D eigenvalue weighted by molar-refractivity contribution is 0.371. The molecule has 0 aliphatic carbocycles. The van der Waals surface area contributed by atoms with Crippen molar-refractivity contribution in [1.29, 1.82) is 0 Å². The molecule has 3 heteroatoms. The molecule has 0 fully saturated rings. The molecule has 1 heterocycles. The Morgan fingerprint density at radius 1 is 1.50 bits per heavy atom. The number of ether oxygens (including phenoxy) is 1. The first-order valence-electron chi connectivity index (χ1n) is 4.40. The normalized spacial score (nSPS) is 10.4. The fourth-order valence-electron chi connectivity index (χ4n) is 1.43. The van der Waals surface area contributed by atoms with Gasteiger partial charge in [0.1, 0.15) is 11.6 Å². The third kappa shape index (κ3) is 1.37. The van der Waals surface area contributed by atoms with Gasteiger partial charge in [0, 0.05) is 5.56 Å². The first-order valence-corrected chi connectivity index (χ1v) is 4.40. The van der Waals surface area contributed by atoms with Gasteiger partial charge < -0.3 is 9.72 Å². The van der Waals surface area contributed by atoms with Gasteiger partial charge in [-0.1, -0.05) is 6.58 Å². The molecule has 0 radical (unpaired) electrons. The van der Waals surface area contributed by atoms with Gasteiger partial charge in [-0.3, -0.25) is 0 Å². The van der Waals surface area contributed by atoms with Crippen molar-refractivity contribution in [2.75, 3.05) is 7.11 Å². The van der Waals surface area contributed by atoms with E-state index in [2.05, 4.69) is 16.5 Å². The molecule has 0 amide bonds.